The number of anilines is 1. The number of likely N-dealkylation sites (tertiary alicyclic amines) is 1. The Balaban J connectivity index is 1.30. The maximum absolute atomic E-state index is 12.4. The topological polar surface area (TPSA) is 93.9 Å². The number of nitrogens with zero attached hydrogens (tertiary/aromatic N) is 5. The van der Waals surface area contributed by atoms with E-state index in [9.17, 15) is 4.79 Å². The zero-order valence-electron chi connectivity index (χ0n) is 21.0. The van der Waals surface area contributed by atoms with E-state index in [1.54, 1.807) is 17.3 Å². The van der Waals surface area contributed by atoms with Gasteiger partial charge in [0.25, 0.3) is 0 Å². The third kappa shape index (κ3) is 5.57. The zero-order valence-corrected chi connectivity index (χ0v) is 21.8. The van der Waals surface area contributed by atoms with Gasteiger partial charge in [-0.2, -0.15) is 5.10 Å². The van der Waals surface area contributed by atoms with Crippen LogP contribution in [0.5, 0.6) is 0 Å². The summed E-state index contributed by atoms with van der Waals surface area (Å²) in [6.07, 6.45) is 8.91. The van der Waals surface area contributed by atoms with Crippen LogP contribution in [0.4, 0.5) is 10.7 Å². The lowest BCUT2D eigenvalue weighted by Crippen LogP contribution is -2.41. The summed E-state index contributed by atoms with van der Waals surface area (Å²) in [5, 5.41) is 8.49. The number of carbonyl (C=O) groups excluding carboxylic acids is 1. The number of hydrogen-bond acceptors (Lipinski definition) is 7. The average Bonchev–Trinajstić information content (AvgIpc) is 3.28. The highest BCUT2D eigenvalue weighted by Crippen LogP contribution is 2.33. The van der Waals surface area contributed by atoms with Crippen LogP contribution in [0.3, 0.4) is 0 Å². The molecule has 2 aliphatic heterocycles. The maximum Gasteiger partial charge on any atom is 0.410 e. The molecule has 0 bridgehead atoms. The van der Waals surface area contributed by atoms with Gasteiger partial charge in [-0.1, -0.05) is 17.7 Å². The number of halogens is 1. The van der Waals surface area contributed by atoms with Crippen molar-refractivity contribution < 1.29 is 14.3 Å². The molecule has 5 rings (SSSR count). The van der Waals surface area contributed by atoms with Crippen LogP contribution in [0.15, 0.2) is 30.7 Å². The lowest BCUT2D eigenvalue weighted by Gasteiger charge is -2.33. The van der Waals surface area contributed by atoms with Gasteiger partial charge >= 0.3 is 6.09 Å². The Morgan fingerprint density at radius 1 is 1.14 bits per heavy atom. The fourth-order valence-electron chi connectivity index (χ4n) is 4.80. The minimum absolute atomic E-state index is 0.236. The van der Waals surface area contributed by atoms with Crippen molar-refractivity contribution in [2.45, 2.75) is 64.0 Å². The molecule has 0 spiro atoms. The Kier molecular flexibility index (Phi) is 7.03. The van der Waals surface area contributed by atoms with Crippen LogP contribution < -0.4 is 5.32 Å². The highest BCUT2D eigenvalue weighted by Gasteiger charge is 2.28. The SMILES string of the molecule is CC(C)(C)OC(=O)N1CCC(c2ccc3c(-c4nc(NC5CCOCC5)ncc4Cl)cnn3c2)CC1. The molecule has 0 aliphatic carbocycles. The second-order valence-corrected chi connectivity index (χ2v) is 10.9. The van der Waals surface area contributed by atoms with Gasteiger partial charge in [-0.3, -0.25) is 0 Å². The number of rotatable bonds is 4. The minimum atomic E-state index is -0.481. The van der Waals surface area contributed by atoms with Gasteiger partial charge in [0.05, 0.1) is 28.6 Å². The van der Waals surface area contributed by atoms with E-state index in [4.69, 9.17) is 26.1 Å². The molecule has 3 aromatic heterocycles. The molecular weight excluding hydrogens is 480 g/mol. The van der Waals surface area contributed by atoms with Gasteiger partial charge in [0.15, 0.2) is 0 Å². The lowest BCUT2D eigenvalue weighted by molar-refractivity contribution is 0.0204. The normalized spacial score (nSPS) is 17.9. The molecule has 0 saturated carbocycles. The van der Waals surface area contributed by atoms with Crippen molar-refractivity contribution in [3.05, 3.63) is 41.3 Å². The molecule has 2 fully saturated rings. The first-order valence-electron chi connectivity index (χ1n) is 12.6. The molecule has 2 saturated heterocycles. The van der Waals surface area contributed by atoms with E-state index in [0.29, 0.717) is 41.7 Å². The van der Waals surface area contributed by atoms with E-state index < -0.39 is 5.60 Å². The highest BCUT2D eigenvalue weighted by atomic mass is 35.5. The number of hydrogen-bond donors (Lipinski definition) is 1. The van der Waals surface area contributed by atoms with Crippen molar-refractivity contribution >= 4 is 29.2 Å². The summed E-state index contributed by atoms with van der Waals surface area (Å²) >= 11 is 6.51. The molecule has 3 aromatic rings. The third-order valence-electron chi connectivity index (χ3n) is 6.71. The summed E-state index contributed by atoms with van der Waals surface area (Å²) in [5.41, 5.74) is 3.18. The van der Waals surface area contributed by atoms with Crippen molar-refractivity contribution in [2.24, 2.45) is 0 Å². The highest BCUT2D eigenvalue weighted by molar-refractivity contribution is 6.33. The maximum atomic E-state index is 12.4. The summed E-state index contributed by atoms with van der Waals surface area (Å²) < 4.78 is 12.8. The molecule has 0 unspecified atom stereocenters. The Morgan fingerprint density at radius 2 is 1.89 bits per heavy atom. The smallest absolute Gasteiger partial charge is 0.410 e. The molecule has 1 N–H and O–H groups in total. The standard InChI is InChI=1S/C26H33ClN6O3/c1-26(2,3)36-25(34)32-10-6-17(7-11-32)18-4-5-22-20(14-29-33(22)16-18)23-21(27)15-28-24(31-23)30-19-8-12-35-13-9-19/h4-5,14-17,19H,6-13H2,1-3H3,(H,28,30,31). The van der Waals surface area contributed by atoms with Crippen LogP contribution >= 0.6 is 11.6 Å². The summed E-state index contributed by atoms with van der Waals surface area (Å²) in [4.78, 5) is 23.3. The molecule has 5 heterocycles. The number of amides is 1. The number of ether oxygens (including phenoxy) is 2. The zero-order chi connectivity index (χ0) is 25.3. The van der Waals surface area contributed by atoms with E-state index >= 15 is 0 Å². The van der Waals surface area contributed by atoms with Gasteiger partial charge in [-0.05, 0) is 64.0 Å². The molecule has 0 aromatic carbocycles. The number of pyridine rings is 1. The quantitative estimate of drug-likeness (QED) is 0.516. The van der Waals surface area contributed by atoms with Gasteiger partial charge in [-0.25, -0.2) is 19.3 Å². The molecule has 0 atom stereocenters. The monoisotopic (exact) mass is 512 g/mol. The molecule has 10 heteroatoms. The van der Waals surface area contributed by atoms with Crippen LogP contribution in [0.25, 0.3) is 16.8 Å². The predicted octanol–water partition coefficient (Wildman–Crippen LogP) is 5.15. The van der Waals surface area contributed by atoms with Crippen molar-refractivity contribution in [1.29, 1.82) is 0 Å². The second kappa shape index (κ2) is 10.2. The van der Waals surface area contributed by atoms with E-state index in [0.717, 1.165) is 50.0 Å². The first kappa shape index (κ1) is 24.8. The summed E-state index contributed by atoms with van der Waals surface area (Å²) in [5.74, 6) is 0.924. The summed E-state index contributed by atoms with van der Waals surface area (Å²) in [6.45, 7) is 8.53. The number of nitrogens with one attached hydrogen (secondary N) is 1. The minimum Gasteiger partial charge on any atom is -0.444 e. The second-order valence-electron chi connectivity index (χ2n) is 10.5. The van der Waals surface area contributed by atoms with Crippen molar-refractivity contribution in [3.8, 4) is 11.3 Å². The molecule has 36 heavy (non-hydrogen) atoms. The van der Waals surface area contributed by atoms with Crippen LogP contribution in [0.2, 0.25) is 5.02 Å². The summed E-state index contributed by atoms with van der Waals surface area (Å²) in [6, 6.07) is 4.51. The first-order chi connectivity index (χ1) is 17.3. The van der Waals surface area contributed by atoms with E-state index in [1.165, 1.54) is 5.56 Å². The van der Waals surface area contributed by atoms with Crippen LogP contribution in [0.1, 0.15) is 57.9 Å². The molecule has 0 radical (unpaired) electrons. The van der Waals surface area contributed by atoms with Gasteiger partial charge in [0, 0.05) is 44.1 Å². The van der Waals surface area contributed by atoms with E-state index in [-0.39, 0.29) is 6.09 Å². The van der Waals surface area contributed by atoms with Crippen LogP contribution in [-0.4, -0.2) is 68.5 Å². The van der Waals surface area contributed by atoms with Crippen LogP contribution in [-0.2, 0) is 9.47 Å². The Bertz CT molecular complexity index is 1230. The number of aromatic nitrogens is 4. The predicted molar refractivity (Wildman–Crippen MR) is 138 cm³/mol. The van der Waals surface area contributed by atoms with Crippen molar-refractivity contribution in [3.63, 3.8) is 0 Å². The van der Waals surface area contributed by atoms with Gasteiger partial charge in [-0.15, -0.1) is 0 Å². The molecule has 9 nitrogen and oxygen atoms in total. The van der Waals surface area contributed by atoms with Crippen LogP contribution in [0, 0.1) is 0 Å². The van der Waals surface area contributed by atoms with Gasteiger partial charge in [0.1, 0.15) is 5.60 Å². The summed E-state index contributed by atoms with van der Waals surface area (Å²) in [7, 11) is 0. The number of piperidine rings is 1. The Morgan fingerprint density at radius 3 is 2.61 bits per heavy atom. The Labute approximate surface area is 216 Å². The first-order valence-corrected chi connectivity index (χ1v) is 13.0. The molecular formula is C26H33ClN6O3. The average molecular weight is 513 g/mol. The Hall–Kier alpha value is -2.91. The number of carbonyl (C=O) groups is 1. The fourth-order valence-corrected chi connectivity index (χ4v) is 4.99. The molecule has 192 valence electrons. The van der Waals surface area contributed by atoms with Crippen molar-refractivity contribution in [2.75, 3.05) is 31.6 Å². The number of fused-ring (bicyclic) bond motifs is 1. The fraction of sp³-hybridized carbons (Fsp3) is 0.538. The third-order valence-corrected chi connectivity index (χ3v) is 6.99. The molecule has 1 amide bonds. The molecule has 2 aliphatic rings. The van der Waals surface area contributed by atoms with Crippen molar-refractivity contribution in [1.82, 2.24) is 24.5 Å². The largest absolute Gasteiger partial charge is 0.444 e. The van der Waals surface area contributed by atoms with E-state index in [1.807, 2.05) is 25.3 Å². The van der Waals surface area contributed by atoms with Gasteiger partial charge < -0.3 is 19.7 Å². The lowest BCUT2D eigenvalue weighted by atomic mass is 9.90. The van der Waals surface area contributed by atoms with E-state index in [2.05, 4.69) is 33.7 Å². The van der Waals surface area contributed by atoms with Gasteiger partial charge in [0.2, 0.25) is 5.95 Å².